The highest BCUT2D eigenvalue weighted by Gasteiger charge is 2.21. The minimum Gasteiger partial charge on any atom is -0.451 e. The number of non-ortho nitro benzene ring substituents is 1. The minimum atomic E-state index is -0.486. The van der Waals surface area contributed by atoms with Crippen LogP contribution in [0.1, 0.15) is 21.8 Å². The Morgan fingerprint density at radius 2 is 2.00 bits per heavy atom. The number of para-hydroxylation sites is 1. The van der Waals surface area contributed by atoms with Gasteiger partial charge in [-0.3, -0.25) is 14.9 Å². The van der Waals surface area contributed by atoms with Gasteiger partial charge in [-0.1, -0.05) is 30.0 Å². The number of fused-ring (bicyclic) bond motifs is 1. The number of nitro groups is 1. The Kier molecular flexibility index (Phi) is 5.32. The molecule has 2 heterocycles. The lowest BCUT2D eigenvalue weighted by Gasteiger charge is -2.05. The summed E-state index contributed by atoms with van der Waals surface area (Å²) in [6, 6.07) is 13.2. The summed E-state index contributed by atoms with van der Waals surface area (Å²) in [6.07, 6.45) is 0. The second kappa shape index (κ2) is 8.06. The van der Waals surface area contributed by atoms with E-state index in [0.29, 0.717) is 17.0 Å². The van der Waals surface area contributed by atoms with Gasteiger partial charge in [-0.2, -0.15) is 0 Å². The molecule has 9 heteroatoms. The third kappa shape index (κ3) is 4.15. The van der Waals surface area contributed by atoms with Crippen molar-refractivity contribution in [3.05, 3.63) is 81.0 Å². The Hall–Kier alpha value is -3.17. The zero-order chi connectivity index (χ0) is 20.4. The molecular formula is C20H15N3O4S2. The highest BCUT2D eigenvalue weighted by Crippen LogP contribution is 2.33. The Morgan fingerprint density at radius 3 is 2.69 bits per heavy atom. The molecular weight excluding hydrogens is 410 g/mol. The second-order valence-corrected chi connectivity index (χ2v) is 8.29. The number of thiazole rings is 1. The molecule has 0 spiro atoms. The molecule has 0 unspecified atom stereocenters. The number of aromatic nitrogens is 1. The van der Waals surface area contributed by atoms with Crippen LogP contribution in [-0.2, 0) is 5.75 Å². The Morgan fingerprint density at radius 1 is 1.24 bits per heavy atom. The standard InChI is InChI=1S/C20H15N3O4S2/c1-12-10-28-20(21-12)29-11-16-15-4-2-3-5-17(15)27-18(16)19(24)22-13-6-8-14(9-7-13)23(25)26/h2-10H,11H2,1H3,(H,22,24). The van der Waals surface area contributed by atoms with E-state index in [4.69, 9.17) is 4.42 Å². The van der Waals surface area contributed by atoms with Crippen molar-refractivity contribution >= 4 is 51.3 Å². The highest BCUT2D eigenvalue weighted by molar-refractivity contribution is 8.00. The summed E-state index contributed by atoms with van der Waals surface area (Å²) in [5.74, 6) is 0.360. The van der Waals surface area contributed by atoms with Gasteiger partial charge in [-0.05, 0) is 25.1 Å². The van der Waals surface area contributed by atoms with E-state index >= 15 is 0 Å². The van der Waals surface area contributed by atoms with Crippen LogP contribution in [0.2, 0.25) is 0 Å². The van der Waals surface area contributed by atoms with Crippen LogP contribution in [-0.4, -0.2) is 15.8 Å². The molecule has 0 radical (unpaired) electrons. The van der Waals surface area contributed by atoms with Gasteiger partial charge in [-0.25, -0.2) is 4.98 Å². The van der Waals surface area contributed by atoms with Gasteiger partial charge in [0.1, 0.15) is 9.92 Å². The molecule has 4 rings (SSSR count). The number of furan rings is 1. The molecule has 2 aromatic heterocycles. The lowest BCUT2D eigenvalue weighted by atomic mass is 10.1. The quantitative estimate of drug-likeness (QED) is 0.243. The predicted octanol–water partition coefficient (Wildman–Crippen LogP) is 5.65. The molecule has 0 aliphatic rings. The van der Waals surface area contributed by atoms with E-state index in [9.17, 15) is 14.9 Å². The van der Waals surface area contributed by atoms with Crippen molar-refractivity contribution in [2.75, 3.05) is 5.32 Å². The van der Waals surface area contributed by atoms with Gasteiger partial charge < -0.3 is 9.73 Å². The van der Waals surface area contributed by atoms with Crippen molar-refractivity contribution < 1.29 is 14.1 Å². The number of hydrogen-bond acceptors (Lipinski definition) is 7. The fourth-order valence-electron chi connectivity index (χ4n) is 2.81. The zero-order valence-corrected chi connectivity index (χ0v) is 16.9. The van der Waals surface area contributed by atoms with Crippen molar-refractivity contribution in [3.8, 4) is 0 Å². The number of carbonyl (C=O) groups excluding carboxylic acids is 1. The molecule has 29 heavy (non-hydrogen) atoms. The summed E-state index contributed by atoms with van der Waals surface area (Å²) in [4.78, 5) is 27.6. The molecule has 1 amide bonds. The van der Waals surface area contributed by atoms with Gasteiger partial charge in [0, 0.05) is 45.6 Å². The Labute approximate surface area is 173 Å². The molecule has 0 bridgehead atoms. The van der Waals surface area contributed by atoms with Crippen LogP contribution in [0, 0.1) is 17.0 Å². The van der Waals surface area contributed by atoms with Crippen molar-refractivity contribution in [1.29, 1.82) is 0 Å². The summed E-state index contributed by atoms with van der Waals surface area (Å²) in [7, 11) is 0. The number of benzene rings is 2. The Balaban J connectivity index is 1.61. The van der Waals surface area contributed by atoms with Crippen LogP contribution in [0.15, 0.2) is 62.7 Å². The smallest absolute Gasteiger partial charge is 0.291 e. The molecule has 2 aromatic carbocycles. The number of rotatable bonds is 6. The molecule has 1 N–H and O–H groups in total. The number of nitrogens with one attached hydrogen (secondary N) is 1. The first-order chi connectivity index (χ1) is 14.0. The number of carbonyl (C=O) groups is 1. The van der Waals surface area contributed by atoms with Crippen molar-refractivity contribution in [2.45, 2.75) is 17.0 Å². The van der Waals surface area contributed by atoms with Gasteiger partial charge >= 0.3 is 0 Å². The van der Waals surface area contributed by atoms with Crippen molar-refractivity contribution in [2.24, 2.45) is 0 Å². The third-order valence-electron chi connectivity index (χ3n) is 4.18. The van der Waals surface area contributed by atoms with E-state index in [1.165, 1.54) is 24.3 Å². The van der Waals surface area contributed by atoms with Crippen LogP contribution in [0.3, 0.4) is 0 Å². The normalized spacial score (nSPS) is 10.9. The van der Waals surface area contributed by atoms with E-state index < -0.39 is 10.8 Å². The lowest BCUT2D eigenvalue weighted by Crippen LogP contribution is -2.12. The largest absolute Gasteiger partial charge is 0.451 e. The first-order valence-electron chi connectivity index (χ1n) is 8.62. The van der Waals surface area contributed by atoms with E-state index in [1.54, 1.807) is 23.1 Å². The molecule has 146 valence electrons. The van der Waals surface area contributed by atoms with Crippen LogP contribution >= 0.6 is 23.1 Å². The first kappa shape index (κ1) is 19.2. The molecule has 0 saturated heterocycles. The maximum atomic E-state index is 12.9. The molecule has 0 aliphatic carbocycles. The van der Waals surface area contributed by atoms with E-state index in [2.05, 4.69) is 10.3 Å². The fourth-order valence-corrected chi connectivity index (χ4v) is 4.69. The number of amides is 1. The van der Waals surface area contributed by atoms with E-state index in [0.717, 1.165) is 21.0 Å². The second-order valence-electron chi connectivity index (χ2n) is 6.21. The van der Waals surface area contributed by atoms with Gasteiger partial charge in [0.15, 0.2) is 5.76 Å². The SMILES string of the molecule is Cc1csc(SCc2c(C(=O)Nc3ccc([N+](=O)[O-])cc3)oc3ccccc23)n1. The third-order valence-corrected chi connectivity index (χ3v) is 6.34. The highest BCUT2D eigenvalue weighted by atomic mass is 32.2. The number of nitro benzene ring substituents is 1. The first-order valence-corrected chi connectivity index (χ1v) is 10.5. The van der Waals surface area contributed by atoms with Crippen LogP contribution in [0.5, 0.6) is 0 Å². The predicted molar refractivity (Wildman–Crippen MR) is 114 cm³/mol. The number of nitrogens with zero attached hydrogens (tertiary/aromatic N) is 2. The summed E-state index contributed by atoms with van der Waals surface area (Å²) in [5, 5.41) is 16.4. The summed E-state index contributed by atoms with van der Waals surface area (Å²) in [6.45, 7) is 1.94. The summed E-state index contributed by atoms with van der Waals surface area (Å²) >= 11 is 3.11. The summed E-state index contributed by atoms with van der Waals surface area (Å²) in [5.41, 5.74) is 2.80. The maximum Gasteiger partial charge on any atom is 0.291 e. The minimum absolute atomic E-state index is 0.0393. The molecule has 0 atom stereocenters. The van der Waals surface area contributed by atoms with Crippen LogP contribution < -0.4 is 5.32 Å². The van der Waals surface area contributed by atoms with Crippen molar-refractivity contribution in [1.82, 2.24) is 4.98 Å². The molecule has 4 aromatic rings. The van der Waals surface area contributed by atoms with Crippen LogP contribution in [0.25, 0.3) is 11.0 Å². The number of hydrogen-bond donors (Lipinski definition) is 1. The fraction of sp³-hybridized carbons (Fsp3) is 0.100. The van der Waals surface area contributed by atoms with Gasteiger partial charge in [0.05, 0.1) is 4.92 Å². The molecule has 0 saturated carbocycles. The molecule has 0 fully saturated rings. The van der Waals surface area contributed by atoms with E-state index in [-0.39, 0.29) is 11.4 Å². The Bertz CT molecular complexity index is 1200. The number of anilines is 1. The maximum absolute atomic E-state index is 12.9. The lowest BCUT2D eigenvalue weighted by molar-refractivity contribution is -0.384. The molecule has 7 nitrogen and oxygen atoms in total. The number of thioether (sulfide) groups is 1. The summed E-state index contributed by atoms with van der Waals surface area (Å²) < 4.78 is 6.76. The van der Waals surface area contributed by atoms with Crippen molar-refractivity contribution in [3.63, 3.8) is 0 Å². The van der Waals surface area contributed by atoms with Gasteiger partial charge in [0.25, 0.3) is 11.6 Å². The molecule has 0 aliphatic heterocycles. The average molecular weight is 425 g/mol. The average Bonchev–Trinajstić information content (AvgIpc) is 3.30. The number of aryl methyl sites for hydroxylation is 1. The van der Waals surface area contributed by atoms with Gasteiger partial charge in [0.2, 0.25) is 0 Å². The van der Waals surface area contributed by atoms with Gasteiger partial charge in [-0.15, -0.1) is 11.3 Å². The monoisotopic (exact) mass is 425 g/mol. The zero-order valence-electron chi connectivity index (χ0n) is 15.2. The van der Waals surface area contributed by atoms with Crippen LogP contribution in [0.4, 0.5) is 11.4 Å². The topological polar surface area (TPSA) is 98.3 Å². The van der Waals surface area contributed by atoms with E-state index in [1.807, 2.05) is 36.6 Å².